The van der Waals surface area contributed by atoms with E-state index < -0.39 is 5.97 Å². The minimum atomic E-state index is -1.01. The highest BCUT2D eigenvalue weighted by Crippen LogP contribution is 2.22. The second-order valence-electron chi connectivity index (χ2n) is 5.49. The van der Waals surface area contributed by atoms with Gasteiger partial charge >= 0.3 is 5.97 Å². The second-order valence-corrected chi connectivity index (χ2v) is 5.49. The molecule has 1 amide bonds. The van der Waals surface area contributed by atoms with Gasteiger partial charge in [0.1, 0.15) is 0 Å². The number of nitrogens with zero attached hydrogens (tertiary/aromatic N) is 2. The Morgan fingerprint density at radius 1 is 1.05 bits per heavy atom. The van der Waals surface area contributed by atoms with E-state index in [0.717, 1.165) is 26.1 Å². The van der Waals surface area contributed by atoms with Gasteiger partial charge in [0.05, 0.1) is 0 Å². The number of carbonyl (C=O) groups is 2. The number of carbonyl (C=O) groups excluding carboxylic acids is 1. The lowest BCUT2D eigenvalue weighted by atomic mass is 9.99. The quantitative estimate of drug-likeness (QED) is 0.760. The Kier molecular flexibility index (Phi) is 4.24. The predicted molar refractivity (Wildman–Crippen MR) is 71.8 cm³/mol. The molecule has 1 atom stereocenters. The molecule has 5 heteroatoms. The van der Waals surface area contributed by atoms with Crippen LogP contribution in [-0.4, -0.2) is 59.0 Å². The first-order chi connectivity index (χ1) is 9.00. The van der Waals surface area contributed by atoms with Crippen molar-refractivity contribution in [3.05, 3.63) is 11.1 Å². The first kappa shape index (κ1) is 14.1. The van der Waals surface area contributed by atoms with Crippen molar-refractivity contribution in [3.63, 3.8) is 0 Å². The average molecular weight is 266 g/mol. The molecule has 2 aliphatic rings. The summed E-state index contributed by atoms with van der Waals surface area (Å²) in [5.74, 6) is -1.13. The van der Waals surface area contributed by atoms with Gasteiger partial charge < -0.3 is 10.0 Å². The molecule has 106 valence electrons. The van der Waals surface area contributed by atoms with Crippen molar-refractivity contribution in [2.24, 2.45) is 0 Å². The summed E-state index contributed by atoms with van der Waals surface area (Å²) in [4.78, 5) is 27.5. The van der Waals surface area contributed by atoms with Gasteiger partial charge in [0.15, 0.2) is 0 Å². The van der Waals surface area contributed by atoms with Gasteiger partial charge in [-0.3, -0.25) is 9.69 Å². The molecule has 2 heterocycles. The van der Waals surface area contributed by atoms with Gasteiger partial charge in [0.2, 0.25) is 5.91 Å². The summed E-state index contributed by atoms with van der Waals surface area (Å²) in [6.45, 7) is 6.60. The molecule has 0 aromatic carbocycles. The highest BCUT2D eigenvalue weighted by atomic mass is 16.4. The van der Waals surface area contributed by atoms with Crippen LogP contribution in [0.25, 0.3) is 0 Å². The highest BCUT2D eigenvalue weighted by molar-refractivity contribution is 6.01. The summed E-state index contributed by atoms with van der Waals surface area (Å²) in [6, 6.07) is 0.462. The summed E-state index contributed by atoms with van der Waals surface area (Å²) in [5, 5.41) is 8.95. The van der Waals surface area contributed by atoms with Gasteiger partial charge in [-0.1, -0.05) is 6.42 Å². The highest BCUT2D eigenvalue weighted by Gasteiger charge is 2.31. The van der Waals surface area contributed by atoms with Gasteiger partial charge in [-0.15, -0.1) is 0 Å². The molecule has 0 aromatic heterocycles. The van der Waals surface area contributed by atoms with Crippen molar-refractivity contribution in [1.29, 1.82) is 0 Å². The Bertz CT molecular complexity index is 417. The smallest absolute Gasteiger partial charge is 0.331 e. The average Bonchev–Trinajstić information content (AvgIpc) is 2.44. The SMILES string of the molecule is C/C(C(=O)O)=C(\C)C(=O)N1CCN2CCCCC2C1. The van der Waals surface area contributed by atoms with Crippen molar-refractivity contribution in [3.8, 4) is 0 Å². The Morgan fingerprint density at radius 2 is 1.79 bits per heavy atom. The molecular weight excluding hydrogens is 244 g/mol. The molecule has 19 heavy (non-hydrogen) atoms. The third-order valence-electron chi connectivity index (χ3n) is 4.33. The normalized spacial score (nSPS) is 25.6. The first-order valence-corrected chi connectivity index (χ1v) is 6.95. The van der Waals surface area contributed by atoms with E-state index in [0.29, 0.717) is 18.2 Å². The van der Waals surface area contributed by atoms with E-state index >= 15 is 0 Å². The molecule has 2 rings (SSSR count). The molecule has 1 N–H and O–H groups in total. The number of hydrogen-bond donors (Lipinski definition) is 1. The minimum Gasteiger partial charge on any atom is -0.478 e. The molecule has 2 fully saturated rings. The Balaban J connectivity index is 2.05. The van der Waals surface area contributed by atoms with E-state index in [1.165, 1.54) is 19.8 Å². The third-order valence-corrected chi connectivity index (χ3v) is 4.33. The monoisotopic (exact) mass is 266 g/mol. The fourth-order valence-electron chi connectivity index (χ4n) is 2.90. The van der Waals surface area contributed by atoms with Crippen LogP contribution in [-0.2, 0) is 9.59 Å². The maximum absolute atomic E-state index is 12.3. The number of fused-ring (bicyclic) bond motifs is 1. The minimum absolute atomic E-state index is 0.120. The summed E-state index contributed by atoms with van der Waals surface area (Å²) >= 11 is 0. The van der Waals surface area contributed by atoms with Gasteiger partial charge in [-0.2, -0.15) is 0 Å². The van der Waals surface area contributed by atoms with Gasteiger partial charge in [-0.25, -0.2) is 4.79 Å². The molecule has 2 saturated heterocycles. The predicted octanol–water partition coefficient (Wildman–Crippen LogP) is 1.10. The lowest BCUT2D eigenvalue weighted by molar-refractivity contribution is -0.134. The summed E-state index contributed by atoms with van der Waals surface area (Å²) in [5.41, 5.74) is 0.507. The van der Waals surface area contributed by atoms with Crippen LogP contribution in [0.15, 0.2) is 11.1 Å². The number of amides is 1. The van der Waals surface area contributed by atoms with E-state index in [1.807, 2.05) is 4.90 Å². The zero-order chi connectivity index (χ0) is 14.0. The van der Waals surface area contributed by atoms with E-state index in [9.17, 15) is 9.59 Å². The van der Waals surface area contributed by atoms with Gasteiger partial charge in [0.25, 0.3) is 0 Å². The third kappa shape index (κ3) is 2.97. The molecule has 5 nitrogen and oxygen atoms in total. The Hall–Kier alpha value is -1.36. The summed E-state index contributed by atoms with van der Waals surface area (Å²) in [6.07, 6.45) is 3.62. The van der Waals surface area contributed by atoms with E-state index in [4.69, 9.17) is 5.11 Å². The number of aliphatic carboxylic acids is 1. The van der Waals surface area contributed by atoms with Gasteiger partial charge in [0, 0.05) is 36.8 Å². The van der Waals surface area contributed by atoms with E-state index in [2.05, 4.69) is 4.90 Å². The first-order valence-electron chi connectivity index (χ1n) is 6.95. The number of carboxylic acid groups (broad SMARTS) is 1. The van der Waals surface area contributed by atoms with Crippen LogP contribution in [0.1, 0.15) is 33.1 Å². The van der Waals surface area contributed by atoms with Crippen molar-refractivity contribution in [1.82, 2.24) is 9.80 Å². The zero-order valence-corrected chi connectivity index (χ0v) is 11.7. The van der Waals surface area contributed by atoms with E-state index in [1.54, 1.807) is 6.92 Å². The van der Waals surface area contributed by atoms with Crippen LogP contribution in [0.3, 0.4) is 0 Å². The lowest BCUT2D eigenvalue weighted by Gasteiger charge is -2.44. The maximum Gasteiger partial charge on any atom is 0.331 e. The van der Waals surface area contributed by atoms with Crippen LogP contribution < -0.4 is 0 Å². The van der Waals surface area contributed by atoms with Crippen molar-refractivity contribution < 1.29 is 14.7 Å². The molecule has 1 unspecified atom stereocenters. The number of rotatable bonds is 2. The molecule has 0 spiro atoms. The van der Waals surface area contributed by atoms with E-state index in [-0.39, 0.29) is 11.5 Å². The second kappa shape index (κ2) is 5.74. The van der Waals surface area contributed by atoms with Crippen LogP contribution in [0.2, 0.25) is 0 Å². The number of carboxylic acids is 1. The number of piperazine rings is 1. The molecule has 0 radical (unpaired) electrons. The topological polar surface area (TPSA) is 60.9 Å². The maximum atomic E-state index is 12.3. The lowest BCUT2D eigenvalue weighted by Crippen LogP contribution is -2.56. The summed E-state index contributed by atoms with van der Waals surface area (Å²) < 4.78 is 0. The summed E-state index contributed by atoms with van der Waals surface area (Å²) in [7, 11) is 0. The number of hydrogen-bond acceptors (Lipinski definition) is 3. The molecule has 0 bridgehead atoms. The van der Waals surface area contributed by atoms with Crippen molar-refractivity contribution in [2.75, 3.05) is 26.2 Å². The van der Waals surface area contributed by atoms with Crippen LogP contribution in [0.4, 0.5) is 0 Å². The Morgan fingerprint density at radius 3 is 2.47 bits per heavy atom. The molecule has 0 aliphatic carbocycles. The van der Waals surface area contributed by atoms with Crippen LogP contribution in [0, 0.1) is 0 Å². The molecule has 0 saturated carbocycles. The fraction of sp³-hybridized carbons (Fsp3) is 0.714. The van der Waals surface area contributed by atoms with Crippen molar-refractivity contribution >= 4 is 11.9 Å². The Labute approximate surface area is 113 Å². The standard InChI is InChI=1S/C14H22N2O3/c1-10(11(2)14(18)19)13(17)16-8-7-15-6-4-3-5-12(15)9-16/h12H,3-9H2,1-2H3,(H,18,19)/b11-10-. The van der Waals surface area contributed by atoms with Crippen molar-refractivity contribution in [2.45, 2.75) is 39.2 Å². The van der Waals surface area contributed by atoms with Crippen LogP contribution in [0.5, 0.6) is 0 Å². The van der Waals surface area contributed by atoms with Gasteiger partial charge in [-0.05, 0) is 33.2 Å². The molecule has 2 aliphatic heterocycles. The molecular formula is C14H22N2O3. The number of piperidine rings is 1. The zero-order valence-electron chi connectivity index (χ0n) is 11.7. The largest absolute Gasteiger partial charge is 0.478 e. The molecule has 0 aromatic rings. The fourth-order valence-corrected chi connectivity index (χ4v) is 2.90. The van der Waals surface area contributed by atoms with Crippen LogP contribution >= 0.6 is 0 Å².